The number of carbonyl (C=O) groups is 1. The zero-order valence-electron chi connectivity index (χ0n) is 9.99. The minimum Gasteiger partial charge on any atom is -0.473 e. The van der Waals surface area contributed by atoms with Crippen LogP contribution in [0.4, 0.5) is 4.39 Å². The maximum absolute atomic E-state index is 13.5. The first-order valence-corrected chi connectivity index (χ1v) is 5.66. The molecule has 0 bridgehead atoms. The van der Waals surface area contributed by atoms with E-state index in [-0.39, 0.29) is 12.4 Å². The lowest BCUT2D eigenvalue weighted by Gasteiger charge is -2.24. The second-order valence-corrected chi connectivity index (χ2v) is 4.46. The second kappa shape index (κ2) is 5.40. The Hall–Kier alpha value is -1.23. The van der Waals surface area contributed by atoms with E-state index in [9.17, 15) is 9.18 Å². The number of hydrogen-bond donors (Lipinski definition) is 1. The fourth-order valence-electron chi connectivity index (χ4n) is 1.19. The van der Waals surface area contributed by atoms with Crippen LogP contribution in [0.1, 0.15) is 20.8 Å². The highest BCUT2D eigenvalue weighted by atomic mass is 32.1. The Morgan fingerprint density at radius 1 is 1.47 bits per heavy atom. The predicted molar refractivity (Wildman–Crippen MR) is 65.0 cm³/mol. The first-order chi connectivity index (χ1) is 7.86. The van der Waals surface area contributed by atoms with Gasteiger partial charge in [-0.2, -0.15) is 0 Å². The van der Waals surface area contributed by atoms with Crippen LogP contribution >= 0.6 is 12.6 Å². The van der Waals surface area contributed by atoms with E-state index in [4.69, 9.17) is 9.47 Å². The number of rotatable bonds is 4. The normalized spacial score (nSPS) is 11.1. The quantitative estimate of drug-likeness (QED) is 0.666. The molecule has 0 aromatic heterocycles. The molecular formula is C12H15FO3S. The predicted octanol–water partition coefficient (Wildman–Crippen LogP) is 2.83. The molecule has 5 heteroatoms. The van der Waals surface area contributed by atoms with Crippen molar-refractivity contribution in [2.24, 2.45) is 0 Å². The average Bonchev–Trinajstić information content (AvgIpc) is 2.22. The van der Waals surface area contributed by atoms with Gasteiger partial charge in [-0.05, 0) is 39.0 Å². The van der Waals surface area contributed by atoms with Crippen LogP contribution in [0.5, 0.6) is 5.75 Å². The van der Waals surface area contributed by atoms with Crippen molar-refractivity contribution in [2.75, 3.05) is 6.61 Å². The molecule has 0 heterocycles. The topological polar surface area (TPSA) is 35.5 Å². The summed E-state index contributed by atoms with van der Waals surface area (Å²) in [6, 6.07) is 4.24. The maximum atomic E-state index is 13.5. The molecule has 3 nitrogen and oxygen atoms in total. The Labute approximate surface area is 105 Å². The van der Waals surface area contributed by atoms with E-state index in [1.165, 1.54) is 26.0 Å². The molecule has 0 aliphatic carbocycles. The summed E-state index contributed by atoms with van der Waals surface area (Å²) in [6.07, 6.45) is 0. The molecule has 1 aromatic rings. The van der Waals surface area contributed by atoms with Gasteiger partial charge in [0, 0.05) is 4.90 Å². The molecule has 0 atom stereocenters. The second-order valence-electron chi connectivity index (χ2n) is 3.95. The lowest BCUT2D eigenvalue weighted by atomic mass is 10.1. The van der Waals surface area contributed by atoms with Crippen LogP contribution in [0, 0.1) is 5.82 Å². The molecule has 94 valence electrons. The van der Waals surface area contributed by atoms with E-state index in [1.54, 1.807) is 13.0 Å². The van der Waals surface area contributed by atoms with E-state index in [0.29, 0.717) is 4.90 Å². The summed E-state index contributed by atoms with van der Waals surface area (Å²) in [6.45, 7) is 5.01. The van der Waals surface area contributed by atoms with Gasteiger partial charge in [-0.15, -0.1) is 12.6 Å². The van der Waals surface area contributed by atoms with Crippen LogP contribution in [-0.4, -0.2) is 18.2 Å². The molecule has 1 aromatic carbocycles. The van der Waals surface area contributed by atoms with E-state index in [0.717, 1.165) is 0 Å². The van der Waals surface area contributed by atoms with Crippen molar-refractivity contribution in [3.8, 4) is 5.75 Å². The zero-order chi connectivity index (χ0) is 13.1. The summed E-state index contributed by atoms with van der Waals surface area (Å²) in [5.74, 6) is -1.09. The van der Waals surface area contributed by atoms with Crippen molar-refractivity contribution in [2.45, 2.75) is 31.3 Å². The van der Waals surface area contributed by atoms with Gasteiger partial charge in [0.15, 0.2) is 17.2 Å². The van der Waals surface area contributed by atoms with Crippen LogP contribution in [0.15, 0.2) is 23.1 Å². The van der Waals surface area contributed by atoms with E-state index in [2.05, 4.69) is 12.6 Å². The minimum absolute atomic E-state index is 0.000790. The summed E-state index contributed by atoms with van der Waals surface area (Å²) in [4.78, 5) is 12.1. The van der Waals surface area contributed by atoms with E-state index < -0.39 is 17.4 Å². The number of carbonyl (C=O) groups excluding carboxylic acids is 1. The summed E-state index contributed by atoms with van der Waals surface area (Å²) in [5.41, 5.74) is -1.23. The van der Waals surface area contributed by atoms with Crippen molar-refractivity contribution in [3.63, 3.8) is 0 Å². The lowest BCUT2D eigenvalue weighted by molar-refractivity contribution is -0.158. The Balaban J connectivity index is 2.86. The van der Waals surface area contributed by atoms with Crippen LogP contribution in [0.25, 0.3) is 0 Å². The summed E-state index contributed by atoms with van der Waals surface area (Å²) >= 11 is 4.00. The molecule has 0 aliphatic heterocycles. The van der Waals surface area contributed by atoms with Gasteiger partial charge in [0.25, 0.3) is 0 Å². The Morgan fingerprint density at radius 2 is 2.12 bits per heavy atom. The maximum Gasteiger partial charge on any atom is 0.349 e. The van der Waals surface area contributed by atoms with Crippen molar-refractivity contribution in [1.82, 2.24) is 0 Å². The highest BCUT2D eigenvalue weighted by Gasteiger charge is 2.32. The highest BCUT2D eigenvalue weighted by molar-refractivity contribution is 7.80. The number of hydrogen-bond acceptors (Lipinski definition) is 4. The standard InChI is InChI=1S/C12H15FO3S/c1-4-15-11(14)12(2,3)16-10-6-5-8(17)7-9(10)13/h5-7,17H,4H2,1-3H3. The summed E-state index contributed by atoms with van der Waals surface area (Å²) in [7, 11) is 0. The molecule has 0 spiro atoms. The van der Waals surface area contributed by atoms with Gasteiger partial charge in [-0.3, -0.25) is 0 Å². The number of benzene rings is 1. The number of ether oxygens (including phenoxy) is 2. The van der Waals surface area contributed by atoms with Gasteiger partial charge in [-0.25, -0.2) is 9.18 Å². The summed E-state index contributed by atoms with van der Waals surface area (Å²) < 4.78 is 23.7. The number of halogens is 1. The van der Waals surface area contributed by atoms with Crippen LogP contribution < -0.4 is 4.74 Å². The molecule has 0 radical (unpaired) electrons. The molecule has 0 amide bonds. The molecular weight excluding hydrogens is 243 g/mol. The lowest BCUT2D eigenvalue weighted by Crippen LogP contribution is -2.40. The molecule has 0 saturated carbocycles. The smallest absolute Gasteiger partial charge is 0.349 e. The molecule has 17 heavy (non-hydrogen) atoms. The van der Waals surface area contributed by atoms with Crippen LogP contribution in [-0.2, 0) is 9.53 Å². The van der Waals surface area contributed by atoms with Crippen LogP contribution in [0.2, 0.25) is 0 Å². The fourth-order valence-corrected chi connectivity index (χ4v) is 1.38. The van der Waals surface area contributed by atoms with Gasteiger partial charge in [0.2, 0.25) is 0 Å². The zero-order valence-corrected chi connectivity index (χ0v) is 10.9. The van der Waals surface area contributed by atoms with Crippen molar-refractivity contribution >= 4 is 18.6 Å². The van der Waals surface area contributed by atoms with Crippen LogP contribution in [0.3, 0.4) is 0 Å². The molecule has 0 fully saturated rings. The van der Waals surface area contributed by atoms with Gasteiger partial charge < -0.3 is 9.47 Å². The fraction of sp³-hybridized carbons (Fsp3) is 0.417. The van der Waals surface area contributed by atoms with E-state index in [1.807, 2.05) is 0 Å². The largest absolute Gasteiger partial charge is 0.473 e. The average molecular weight is 258 g/mol. The third-order valence-electron chi connectivity index (χ3n) is 2.05. The molecule has 0 saturated heterocycles. The number of thiol groups is 1. The third kappa shape index (κ3) is 3.63. The molecule has 0 N–H and O–H groups in total. The highest BCUT2D eigenvalue weighted by Crippen LogP contribution is 2.25. The van der Waals surface area contributed by atoms with Gasteiger partial charge >= 0.3 is 5.97 Å². The SMILES string of the molecule is CCOC(=O)C(C)(C)Oc1ccc(S)cc1F. The van der Waals surface area contributed by atoms with Crippen molar-refractivity contribution in [1.29, 1.82) is 0 Å². The monoisotopic (exact) mass is 258 g/mol. The molecule has 1 rings (SSSR count). The first-order valence-electron chi connectivity index (χ1n) is 5.21. The Bertz CT molecular complexity index is 418. The number of esters is 1. The minimum atomic E-state index is -1.23. The molecule has 0 unspecified atom stereocenters. The molecule has 0 aliphatic rings. The Morgan fingerprint density at radius 3 is 2.65 bits per heavy atom. The first kappa shape index (κ1) is 13.8. The van der Waals surface area contributed by atoms with Crippen molar-refractivity contribution < 1.29 is 18.7 Å². The van der Waals surface area contributed by atoms with E-state index >= 15 is 0 Å². The third-order valence-corrected chi connectivity index (χ3v) is 2.33. The van der Waals surface area contributed by atoms with Gasteiger partial charge in [-0.1, -0.05) is 0 Å². The van der Waals surface area contributed by atoms with Crippen molar-refractivity contribution in [3.05, 3.63) is 24.0 Å². The summed E-state index contributed by atoms with van der Waals surface area (Å²) in [5, 5.41) is 0. The van der Waals surface area contributed by atoms with Gasteiger partial charge in [0.05, 0.1) is 6.61 Å². The van der Waals surface area contributed by atoms with Gasteiger partial charge in [0.1, 0.15) is 0 Å². The Kier molecular flexibility index (Phi) is 4.40.